The first-order valence-corrected chi connectivity index (χ1v) is 9.05. The zero-order chi connectivity index (χ0) is 17.3. The molecule has 3 nitrogen and oxygen atoms in total. The molecule has 0 radical (unpaired) electrons. The van der Waals surface area contributed by atoms with Gasteiger partial charge in [0.1, 0.15) is 11.4 Å². The molecule has 0 aromatic heterocycles. The second-order valence-corrected chi connectivity index (χ2v) is 9.35. The van der Waals surface area contributed by atoms with Crippen LogP contribution in [0.5, 0.6) is 0 Å². The molecule has 6 atom stereocenters. The maximum absolute atomic E-state index is 12.5. The monoisotopic (exact) mass is 320 g/mol. The van der Waals surface area contributed by atoms with E-state index < -0.39 is 11.7 Å². The molecule has 3 fully saturated rings. The summed E-state index contributed by atoms with van der Waals surface area (Å²) in [5.74, 6) is 1.05. The first-order valence-electron chi connectivity index (χ1n) is 9.05. The Bertz CT molecular complexity index is 539. The van der Waals surface area contributed by atoms with Crippen molar-refractivity contribution < 1.29 is 14.6 Å². The highest BCUT2D eigenvalue weighted by Crippen LogP contribution is 2.64. The highest BCUT2D eigenvalue weighted by molar-refractivity contribution is 5.85. The third-order valence-electron chi connectivity index (χ3n) is 7.72. The van der Waals surface area contributed by atoms with E-state index in [1.807, 2.05) is 6.92 Å². The summed E-state index contributed by atoms with van der Waals surface area (Å²) in [7, 11) is 0. The fourth-order valence-corrected chi connectivity index (χ4v) is 6.15. The summed E-state index contributed by atoms with van der Waals surface area (Å²) >= 11 is 0. The third kappa shape index (κ3) is 2.19. The number of hydrogen-bond donors (Lipinski definition) is 1. The number of fused-ring (bicyclic) bond motifs is 3. The summed E-state index contributed by atoms with van der Waals surface area (Å²) in [4.78, 5) is 12.5. The van der Waals surface area contributed by atoms with Gasteiger partial charge in [-0.25, -0.2) is 0 Å². The van der Waals surface area contributed by atoms with Gasteiger partial charge in [0, 0.05) is 11.8 Å². The van der Waals surface area contributed by atoms with Crippen molar-refractivity contribution in [2.45, 2.75) is 84.0 Å². The summed E-state index contributed by atoms with van der Waals surface area (Å²) in [6.07, 6.45) is 5.49. The molecule has 1 N–H and O–H groups in total. The number of rotatable bonds is 1. The van der Waals surface area contributed by atoms with Crippen LogP contribution in [0.3, 0.4) is 0 Å². The lowest BCUT2D eigenvalue weighted by Crippen LogP contribution is -2.66. The summed E-state index contributed by atoms with van der Waals surface area (Å²) in [6.45, 7) is 14.6. The van der Waals surface area contributed by atoms with Crippen LogP contribution in [0.4, 0.5) is 0 Å². The summed E-state index contributed by atoms with van der Waals surface area (Å²) in [6, 6.07) is 0. The van der Waals surface area contributed by atoms with Crippen molar-refractivity contribution in [3.05, 3.63) is 12.7 Å². The predicted octanol–water partition coefficient (Wildman–Crippen LogP) is 3.89. The minimum Gasteiger partial charge on any atom is -0.390 e. The van der Waals surface area contributed by atoms with Crippen LogP contribution in [0.15, 0.2) is 12.7 Å². The molecule has 130 valence electrons. The Morgan fingerprint density at radius 1 is 1.17 bits per heavy atom. The van der Waals surface area contributed by atoms with E-state index in [1.54, 1.807) is 6.08 Å². The summed E-state index contributed by atoms with van der Waals surface area (Å²) < 4.78 is 6.48. The van der Waals surface area contributed by atoms with E-state index in [1.165, 1.54) is 0 Å². The number of ketones is 1. The predicted molar refractivity (Wildman–Crippen MR) is 91.1 cm³/mol. The maximum Gasteiger partial charge on any atom is 0.138 e. The average molecular weight is 320 g/mol. The van der Waals surface area contributed by atoms with E-state index in [4.69, 9.17) is 4.74 Å². The molecule has 2 saturated carbocycles. The van der Waals surface area contributed by atoms with Crippen molar-refractivity contribution >= 4 is 5.78 Å². The Kier molecular flexibility index (Phi) is 3.67. The molecule has 0 aromatic rings. The van der Waals surface area contributed by atoms with Crippen LogP contribution < -0.4 is 0 Å². The molecule has 0 amide bonds. The van der Waals surface area contributed by atoms with Crippen molar-refractivity contribution in [3.63, 3.8) is 0 Å². The molecule has 3 aliphatic rings. The highest BCUT2D eigenvalue weighted by atomic mass is 16.5. The smallest absolute Gasteiger partial charge is 0.138 e. The number of carbonyl (C=O) groups is 1. The Morgan fingerprint density at radius 3 is 2.43 bits per heavy atom. The number of aliphatic hydroxyl groups excluding tert-OH is 1. The van der Waals surface area contributed by atoms with Gasteiger partial charge in [-0.2, -0.15) is 0 Å². The van der Waals surface area contributed by atoms with Gasteiger partial charge in [0.15, 0.2) is 0 Å². The van der Waals surface area contributed by atoms with Crippen LogP contribution >= 0.6 is 0 Å². The van der Waals surface area contributed by atoms with E-state index >= 15 is 0 Å². The second kappa shape index (κ2) is 4.92. The number of Topliss-reactive ketones (excluding diaryl/α,β-unsaturated/α-hetero) is 1. The quantitative estimate of drug-likeness (QED) is 0.746. The largest absolute Gasteiger partial charge is 0.390 e. The first-order chi connectivity index (χ1) is 10.5. The average Bonchev–Trinajstić information content (AvgIpc) is 2.46. The Balaban J connectivity index is 2.01. The zero-order valence-electron chi connectivity index (χ0n) is 15.3. The van der Waals surface area contributed by atoms with Crippen molar-refractivity contribution in [2.75, 3.05) is 0 Å². The highest BCUT2D eigenvalue weighted by Gasteiger charge is 2.64. The van der Waals surface area contributed by atoms with E-state index in [0.717, 1.165) is 25.7 Å². The molecule has 3 rings (SSSR count). The van der Waals surface area contributed by atoms with Gasteiger partial charge in [-0.1, -0.05) is 26.8 Å². The topological polar surface area (TPSA) is 46.5 Å². The minimum atomic E-state index is -0.672. The lowest BCUT2D eigenvalue weighted by molar-refractivity contribution is -0.279. The maximum atomic E-state index is 12.5. The molecule has 1 heterocycles. The van der Waals surface area contributed by atoms with Crippen LogP contribution in [0.25, 0.3) is 0 Å². The molecule has 23 heavy (non-hydrogen) atoms. The van der Waals surface area contributed by atoms with Crippen LogP contribution in [-0.4, -0.2) is 28.2 Å². The lowest BCUT2D eigenvalue weighted by Gasteiger charge is -2.65. The van der Waals surface area contributed by atoms with Gasteiger partial charge in [-0.05, 0) is 56.8 Å². The molecular weight excluding hydrogens is 288 g/mol. The number of carbonyl (C=O) groups excluding carboxylic acids is 1. The molecule has 1 saturated heterocycles. The van der Waals surface area contributed by atoms with Gasteiger partial charge >= 0.3 is 0 Å². The van der Waals surface area contributed by atoms with Crippen LogP contribution in [0, 0.1) is 22.7 Å². The van der Waals surface area contributed by atoms with Crippen LogP contribution in [0.1, 0.15) is 66.7 Å². The molecule has 0 aromatic carbocycles. The van der Waals surface area contributed by atoms with E-state index in [9.17, 15) is 9.90 Å². The summed E-state index contributed by atoms with van der Waals surface area (Å²) in [5, 5.41) is 10.7. The standard InChI is InChI=1S/C20H32O3/c1-7-19(5)16(22)12-14-18(4)10-9-15(21)17(2,3)13(18)8-11-20(14,6)23-19/h7,13-14,16,22H,1,8-12H2,2-6H3/t13-,14+,16+,18-,19+,20+/m0/s1. The van der Waals surface area contributed by atoms with Crippen molar-refractivity contribution in [1.29, 1.82) is 0 Å². The van der Waals surface area contributed by atoms with Gasteiger partial charge in [0.2, 0.25) is 0 Å². The fraction of sp³-hybridized carbons (Fsp3) is 0.850. The molecular formula is C20H32O3. The molecule has 0 unspecified atom stereocenters. The van der Waals surface area contributed by atoms with E-state index in [2.05, 4.69) is 34.3 Å². The Morgan fingerprint density at radius 2 is 1.83 bits per heavy atom. The summed E-state index contributed by atoms with van der Waals surface area (Å²) in [5.41, 5.74) is -1.13. The number of aliphatic hydroxyl groups is 1. The number of hydrogen-bond acceptors (Lipinski definition) is 3. The molecule has 1 aliphatic heterocycles. The molecule has 3 heteroatoms. The van der Waals surface area contributed by atoms with Gasteiger partial charge in [-0.3, -0.25) is 4.79 Å². The fourth-order valence-electron chi connectivity index (χ4n) is 6.15. The Labute approximate surface area is 140 Å². The van der Waals surface area contributed by atoms with Gasteiger partial charge in [0.05, 0.1) is 11.7 Å². The SMILES string of the molecule is C=C[C@@]1(C)O[C@]2(C)CC[C@H]3C(C)(C)C(=O)CC[C@]3(C)[C@H]2C[C@H]1O. The molecule has 2 aliphatic carbocycles. The van der Waals surface area contributed by atoms with Gasteiger partial charge in [0.25, 0.3) is 0 Å². The minimum absolute atomic E-state index is 0.0495. The van der Waals surface area contributed by atoms with Gasteiger partial charge in [-0.15, -0.1) is 6.58 Å². The normalized spacial score (nSPS) is 52.4. The second-order valence-electron chi connectivity index (χ2n) is 9.35. The van der Waals surface area contributed by atoms with Gasteiger partial charge < -0.3 is 9.84 Å². The van der Waals surface area contributed by atoms with Crippen molar-refractivity contribution in [3.8, 4) is 0 Å². The lowest BCUT2D eigenvalue weighted by atomic mass is 9.44. The van der Waals surface area contributed by atoms with Crippen LogP contribution in [-0.2, 0) is 9.53 Å². The van der Waals surface area contributed by atoms with Crippen molar-refractivity contribution in [1.82, 2.24) is 0 Å². The van der Waals surface area contributed by atoms with Crippen molar-refractivity contribution in [2.24, 2.45) is 22.7 Å². The van der Waals surface area contributed by atoms with E-state index in [0.29, 0.717) is 18.1 Å². The first kappa shape index (κ1) is 17.2. The molecule has 0 bridgehead atoms. The zero-order valence-corrected chi connectivity index (χ0v) is 15.3. The third-order valence-corrected chi connectivity index (χ3v) is 7.72. The Hall–Kier alpha value is -0.670. The number of ether oxygens (including phenoxy) is 1. The van der Waals surface area contributed by atoms with E-state index in [-0.39, 0.29) is 22.3 Å². The molecule has 0 spiro atoms. The van der Waals surface area contributed by atoms with Crippen LogP contribution in [0.2, 0.25) is 0 Å².